The van der Waals surface area contributed by atoms with Crippen LogP contribution in [0, 0.1) is 17.3 Å². The van der Waals surface area contributed by atoms with Crippen molar-refractivity contribution < 1.29 is 14.4 Å². The van der Waals surface area contributed by atoms with Gasteiger partial charge in [-0.1, -0.05) is 109 Å². The first-order chi connectivity index (χ1) is 22.5. The Morgan fingerprint density at radius 1 is 0.792 bits per heavy atom. The highest BCUT2D eigenvalue weighted by Crippen LogP contribution is 2.15. The smallest absolute Gasteiger partial charge is 0.321 e. The molecule has 2 aromatic carbocycles. The summed E-state index contributed by atoms with van der Waals surface area (Å²) in [6.07, 6.45) is 4.24. The number of rotatable bonds is 16. The number of hydrogen-bond acceptors (Lipinski definition) is 4. The largest absolute Gasteiger partial charge is 0.351 e. The highest BCUT2D eigenvalue weighted by atomic mass is 16.2. The quantitative estimate of drug-likeness (QED) is 0.144. The van der Waals surface area contributed by atoms with E-state index < -0.39 is 6.04 Å². The maximum Gasteiger partial charge on any atom is 0.321 e. The van der Waals surface area contributed by atoms with Crippen molar-refractivity contribution in [1.82, 2.24) is 26.2 Å². The molecule has 0 fully saturated rings. The van der Waals surface area contributed by atoms with E-state index in [4.69, 9.17) is 0 Å². The van der Waals surface area contributed by atoms with Crippen LogP contribution < -0.4 is 21.3 Å². The Bertz CT molecular complexity index is 1350. The van der Waals surface area contributed by atoms with Gasteiger partial charge in [-0.15, -0.1) is 0 Å². The second-order valence-corrected chi connectivity index (χ2v) is 14.7. The summed E-state index contributed by atoms with van der Waals surface area (Å²) in [7, 11) is 1.66. The summed E-state index contributed by atoms with van der Waals surface area (Å²) in [5.41, 5.74) is 3.88. The van der Waals surface area contributed by atoms with E-state index in [9.17, 15) is 14.4 Å². The van der Waals surface area contributed by atoms with Crippen LogP contribution >= 0.6 is 0 Å². The summed E-state index contributed by atoms with van der Waals surface area (Å²) >= 11 is 0. The molecule has 5 amide bonds. The fourth-order valence-electron chi connectivity index (χ4n) is 5.07. The summed E-state index contributed by atoms with van der Waals surface area (Å²) in [6.45, 7) is 18.6. The van der Waals surface area contributed by atoms with Crippen molar-refractivity contribution in [2.24, 2.45) is 22.2 Å². The van der Waals surface area contributed by atoms with Crippen LogP contribution in [-0.2, 0) is 17.6 Å². The van der Waals surface area contributed by atoms with Gasteiger partial charge in [0.05, 0.1) is 5.70 Å². The average Bonchev–Trinajstić information content (AvgIpc) is 3.01. The maximum absolute atomic E-state index is 13.8. The minimum Gasteiger partial charge on any atom is -0.351 e. The number of urea groups is 2. The molecule has 0 saturated carbocycles. The van der Waals surface area contributed by atoms with Crippen molar-refractivity contribution in [3.8, 4) is 0 Å². The molecule has 9 nitrogen and oxygen atoms in total. The Labute approximate surface area is 289 Å². The summed E-state index contributed by atoms with van der Waals surface area (Å²) < 4.78 is 0. The Morgan fingerprint density at radius 3 is 1.75 bits per heavy atom. The number of hydrogen-bond donors (Lipinski definition) is 4. The van der Waals surface area contributed by atoms with Crippen LogP contribution in [-0.4, -0.2) is 60.3 Å². The van der Waals surface area contributed by atoms with Gasteiger partial charge in [-0.2, -0.15) is 0 Å². The molecule has 0 aliphatic carbocycles. The van der Waals surface area contributed by atoms with E-state index in [1.54, 1.807) is 13.2 Å². The Morgan fingerprint density at radius 2 is 1.29 bits per heavy atom. The van der Waals surface area contributed by atoms with Crippen LogP contribution in [0.3, 0.4) is 0 Å². The lowest BCUT2D eigenvalue weighted by atomic mass is 9.95. The monoisotopic (exact) mass is 660 g/mol. The third-order valence-electron chi connectivity index (χ3n) is 8.09. The summed E-state index contributed by atoms with van der Waals surface area (Å²) in [4.78, 5) is 45.9. The second kappa shape index (κ2) is 19.6. The lowest BCUT2D eigenvalue weighted by molar-refractivity contribution is -0.124. The minimum absolute atomic E-state index is 0.0373. The van der Waals surface area contributed by atoms with Crippen molar-refractivity contribution in [3.63, 3.8) is 0 Å². The second-order valence-electron chi connectivity index (χ2n) is 14.7. The first kappa shape index (κ1) is 40.0. The molecule has 2 rings (SSSR count). The highest BCUT2D eigenvalue weighted by molar-refractivity contribution is 5.88. The number of nitrogens with one attached hydrogen (secondary N) is 4. The fraction of sp³-hybridized carbons (Fsp3) is 0.538. The van der Waals surface area contributed by atoms with Crippen molar-refractivity contribution in [2.75, 3.05) is 13.6 Å². The first-order valence-electron chi connectivity index (χ1n) is 17.2. The predicted molar refractivity (Wildman–Crippen MR) is 198 cm³/mol. The Hall–Kier alpha value is -4.14. The minimum atomic E-state index is -0.741. The van der Waals surface area contributed by atoms with Gasteiger partial charge < -0.3 is 26.2 Å². The summed E-state index contributed by atoms with van der Waals surface area (Å²) in [6, 6.07) is 18.5. The van der Waals surface area contributed by atoms with Crippen molar-refractivity contribution >= 4 is 23.7 Å². The van der Waals surface area contributed by atoms with E-state index >= 15 is 0 Å². The molecule has 0 spiro atoms. The van der Waals surface area contributed by atoms with Crippen LogP contribution in [0.15, 0.2) is 77.6 Å². The number of carbonyl (C=O) groups excluding carboxylic acids is 3. The van der Waals surface area contributed by atoms with Crippen LogP contribution in [0.5, 0.6) is 0 Å². The normalized spacial score (nSPS) is 14.2. The van der Waals surface area contributed by atoms with Gasteiger partial charge in [-0.25, -0.2) is 9.59 Å². The number of benzene rings is 2. The van der Waals surface area contributed by atoms with Gasteiger partial charge in [0.2, 0.25) is 5.91 Å². The molecular formula is C39H60N6O3. The lowest BCUT2D eigenvalue weighted by Crippen LogP contribution is -2.54. The molecule has 0 aromatic heterocycles. The van der Waals surface area contributed by atoms with E-state index in [0.717, 1.165) is 16.8 Å². The summed E-state index contributed by atoms with van der Waals surface area (Å²) in [5.74, 6) is -0.0806. The molecule has 0 radical (unpaired) electrons. The van der Waals surface area contributed by atoms with E-state index in [1.165, 1.54) is 4.90 Å². The zero-order chi connectivity index (χ0) is 35.9. The van der Waals surface area contributed by atoms with Crippen LogP contribution in [0.25, 0.3) is 0 Å². The van der Waals surface area contributed by atoms with Crippen molar-refractivity contribution in [2.45, 2.75) is 106 Å². The van der Waals surface area contributed by atoms with E-state index in [2.05, 4.69) is 73.0 Å². The van der Waals surface area contributed by atoms with Crippen LogP contribution in [0.2, 0.25) is 0 Å². The number of nitrogens with zero attached hydrogens (tertiary/aromatic N) is 2. The molecule has 3 atom stereocenters. The van der Waals surface area contributed by atoms with Gasteiger partial charge in [0.1, 0.15) is 6.04 Å². The Kier molecular flexibility index (Phi) is 16.4. The molecule has 48 heavy (non-hydrogen) atoms. The lowest BCUT2D eigenvalue weighted by Gasteiger charge is -2.28. The fourth-order valence-corrected chi connectivity index (χ4v) is 5.07. The van der Waals surface area contributed by atoms with E-state index in [-0.39, 0.29) is 41.4 Å². The zero-order valence-electron chi connectivity index (χ0n) is 30.9. The molecule has 0 saturated heterocycles. The molecular weight excluding hydrogens is 600 g/mol. The van der Waals surface area contributed by atoms with Gasteiger partial charge >= 0.3 is 12.1 Å². The molecule has 264 valence electrons. The third kappa shape index (κ3) is 15.6. The van der Waals surface area contributed by atoms with E-state index in [0.29, 0.717) is 43.8 Å². The van der Waals surface area contributed by atoms with Crippen LogP contribution in [0.4, 0.5) is 9.59 Å². The van der Waals surface area contributed by atoms with Gasteiger partial charge in [-0.05, 0) is 67.9 Å². The molecule has 0 aliphatic rings. The number of carbonyl (C=O) groups is 3. The number of aliphatic imine (C=N–C) groups is 1. The SMILES string of the molecule is CC(=N/C(C)=C\N(C)C(=O)NC(C(=O)NC(CCC(Cc1ccccc1)NC(=O)NCC(C)(C)C)Cc1ccccc1)C(C)C)C(C)C. The van der Waals surface area contributed by atoms with Crippen molar-refractivity contribution in [1.29, 1.82) is 0 Å². The van der Waals surface area contributed by atoms with Gasteiger partial charge in [0.15, 0.2) is 0 Å². The first-order valence-corrected chi connectivity index (χ1v) is 17.2. The summed E-state index contributed by atoms with van der Waals surface area (Å²) in [5, 5.41) is 12.4. The molecule has 4 N–H and O–H groups in total. The molecule has 3 unspecified atom stereocenters. The van der Waals surface area contributed by atoms with Crippen molar-refractivity contribution in [3.05, 3.63) is 83.7 Å². The van der Waals surface area contributed by atoms with Gasteiger partial charge in [0, 0.05) is 37.6 Å². The van der Waals surface area contributed by atoms with Gasteiger partial charge in [0.25, 0.3) is 0 Å². The molecule has 2 aromatic rings. The zero-order valence-corrected chi connectivity index (χ0v) is 30.9. The highest BCUT2D eigenvalue weighted by Gasteiger charge is 2.28. The molecule has 9 heteroatoms. The average molecular weight is 661 g/mol. The standard InChI is InChI=1S/C39H60N6O3/c1-27(2)30(6)41-29(5)25-45(10)38(48)44-35(28(3)4)36(46)42-33(23-31-17-13-11-14-18-31)21-22-34(24-32-19-15-12-16-20-32)43-37(47)40-26-39(7,8)9/h11-20,25,27-28,33-35H,21-24,26H2,1-10H3,(H,42,46)(H,44,48)(H2,40,43,47)/b29-25-,41-30?. The molecule has 0 heterocycles. The topological polar surface area (TPSA) is 115 Å². The Balaban J connectivity index is 2.22. The van der Waals surface area contributed by atoms with E-state index in [1.807, 2.05) is 76.2 Å². The number of amides is 5. The number of allylic oxidation sites excluding steroid dienone is 1. The maximum atomic E-state index is 13.8. The predicted octanol–water partition coefficient (Wildman–Crippen LogP) is 7.09. The molecule has 0 aliphatic heterocycles. The van der Waals surface area contributed by atoms with Gasteiger partial charge in [-0.3, -0.25) is 9.79 Å². The van der Waals surface area contributed by atoms with Crippen LogP contribution in [0.1, 0.15) is 86.3 Å². The third-order valence-corrected chi connectivity index (χ3v) is 8.09. The molecule has 0 bridgehead atoms.